The van der Waals surface area contributed by atoms with Gasteiger partial charge in [-0.15, -0.1) is 0 Å². The van der Waals surface area contributed by atoms with Crippen LogP contribution in [0.3, 0.4) is 0 Å². The first-order valence-corrected chi connectivity index (χ1v) is 7.21. The van der Waals surface area contributed by atoms with E-state index in [1.54, 1.807) is 14.2 Å². The van der Waals surface area contributed by atoms with Crippen LogP contribution < -0.4 is 15.4 Å². The molecule has 0 spiro atoms. The molecule has 0 saturated carbocycles. The van der Waals surface area contributed by atoms with Crippen molar-refractivity contribution in [2.75, 3.05) is 44.4 Å². The van der Waals surface area contributed by atoms with Crippen LogP contribution in [0.4, 0.5) is 11.9 Å². The van der Waals surface area contributed by atoms with Gasteiger partial charge in [0.25, 0.3) is 0 Å². The number of rotatable bonds is 6. The normalized spacial score (nSPS) is 16.9. The zero-order chi connectivity index (χ0) is 14.4. The Bertz CT molecular complexity index is 397. The number of ether oxygens (including phenoxy) is 1. The second-order valence-corrected chi connectivity index (χ2v) is 4.98. The van der Waals surface area contributed by atoms with Crippen molar-refractivity contribution in [2.45, 2.75) is 32.2 Å². The minimum atomic E-state index is 0.329. The number of piperidine rings is 1. The van der Waals surface area contributed by atoms with Gasteiger partial charge in [-0.25, -0.2) is 0 Å². The molecule has 2 rings (SSSR count). The third-order valence-electron chi connectivity index (χ3n) is 3.48. The molecule has 0 bridgehead atoms. The van der Waals surface area contributed by atoms with E-state index in [9.17, 15) is 0 Å². The molecular formula is C13H24N6O. The fourth-order valence-electron chi connectivity index (χ4n) is 2.42. The second-order valence-electron chi connectivity index (χ2n) is 4.98. The number of aromatic nitrogens is 3. The van der Waals surface area contributed by atoms with E-state index >= 15 is 0 Å². The number of nitrogens with zero attached hydrogens (tertiary/aromatic N) is 4. The van der Waals surface area contributed by atoms with Gasteiger partial charge in [0, 0.05) is 26.2 Å². The van der Waals surface area contributed by atoms with E-state index in [0.717, 1.165) is 25.9 Å². The van der Waals surface area contributed by atoms with Crippen molar-refractivity contribution in [3.8, 4) is 6.01 Å². The number of likely N-dealkylation sites (tertiary alicyclic amines) is 1. The molecule has 7 nitrogen and oxygen atoms in total. The lowest BCUT2D eigenvalue weighted by Crippen LogP contribution is -2.39. The monoisotopic (exact) mass is 280 g/mol. The largest absolute Gasteiger partial charge is 0.467 e. The lowest BCUT2D eigenvalue weighted by atomic mass is 10.1. The Morgan fingerprint density at radius 2 is 1.90 bits per heavy atom. The second kappa shape index (κ2) is 7.23. The average molecular weight is 280 g/mol. The quantitative estimate of drug-likeness (QED) is 0.811. The summed E-state index contributed by atoms with van der Waals surface area (Å²) in [4.78, 5) is 15.2. The maximum atomic E-state index is 5.09. The molecule has 112 valence electrons. The summed E-state index contributed by atoms with van der Waals surface area (Å²) < 4.78 is 5.09. The topological polar surface area (TPSA) is 75.2 Å². The Balaban J connectivity index is 1.93. The molecule has 0 aliphatic carbocycles. The third kappa shape index (κ3) is 3.93. The van der Waals surface area contributed by atoms with Gasteiger partial charge in [0.2, 0.25) is 11.9 Å². The summed E-state index contributed by atoms with van der Waals surface area (Å²) in [7, 11) is 3.34. The lowest BCUT2D eigenvalue weighted by Gasteiger charge is -2.32. The molecule has 0 aromatic carbocycles. The zero-order valence-corrected chi connectivity index (χ0v) is 12.5. The smallest absolute Gasteiger partial charge is 0.322 e. The predicted octanol–water partition coefficient (Wildman–Crippen LogP) is 1.21. The number of methoxy groups -OCH3 is 1. The van der Waals surface area contributed by atoms with E-state index in [-0.39, 0.29) is 0 Å². The maximum absolute atomic E-state index is 5.09. The Kier molecular flexibility index (Phi) is 5.34. The molecule has 1 fully saturated rings. The van der Waals surface area contributed by atoms with Crippen molar-refractivity contribution in [3.63, 3.8) is 0 Å². The van der Waals surface area contributed by atoms with E-state index < -0.39 is 0 Å². The fraction of sp³-hybridized carbons (Fsp3) is 0.769. The Morgan fingerprint density at radius 1 is 1.20 bits per heavy atom. The molecule has 0 radical (unpaired) electrons. The summed E-state index contributed by atoms with van der Waals surface area (Å²) in [6.45, 7) is 5.68. The molecule has 1 aliphatic heterocycles. The summed E-state index contributed by atoms with van der Waals surface area (Å²) >= 11 is 0. The van der Waals surface area contributed by atoms with Crippen LogP contribution in [-0.4, -0.2) is 59.7 Å². The first kappa shape index (κ1) is 14.8. The molecule has 7 heteroatoms. The molecule has 1 aromatic rings. The molecule has 2 heterocycles. The number of anilines is 2. The molecule has 0 amide bonds. The predicted molar refractivity (Wildman–Crippen MR) is 79.3 cm³/mol. The minimum Gasteiger partial charge on any atom is -0.467 e. The Morgan fingerprint density at radius 3 is 2.50 bits per heavy atom. The maximum Gasteiger partial charge on any atom is 0.322 e. The van der Waals surface area contributed by atoms with Gasteiger partial charge in [-0.05, 0) is 25.8 Å². The lowest BCUT2D eigenvalue weighted by molar-refractivity contribution is 0.219. The summed E-state index contributed by atoms with van der Waals surface area (Å²) in [5, 5.41) is 6.30. The van der Waals surface area contributed by atoms with Crippen LogP contribution in [0.1, 0.15) is 26.2 Å². The minimum absolute atomic E-state index is 0.329. The first-order chi connectivity index (χ1) is 9.75. The molecule has 2 N–H and O–H groups in total. The van der Waals surface area contributed by atoms with Crippen molar-refractivity contribution in [2.24, 2.45) is 0 Å². The summed E-state index contributed by atoms with van der Waals surface area (Å²) in [6, 6.07) is 0.746. The van der Waals surface area contributed by atoms with E-state index in [2.05, 4.69) is 37.4 Å². The summed E-state index contributed by atoms with van der Waals surface area (Å²) in [5.74, 6) is 1.10. The highest BCUT2D eigenvalue weighted by Gasteiger charge is 2.19. The molecule has 0 unspecified atom stereocenters. The fourth-order valence-corrected chi connectivity index (χ4v) is 2.42. The summed E-state index contributed by atoms with van der Waals surface area (Å²) in [5.41, 5.74) is 0. The van der Waals surface area contributed by atoms with E-state index in [1.807, 2.05) is 0 Å². The number of nitrogens with one attached hydrogen (secondary N) is 2. The number of hydrogen-bond donors (Lipinski definition) is 2. The van der Waals surface area contributed by atoms with Crippen LogP contribution in [0.25, 0.3) is 0 Å². The average Bonchev–Trinajstić information content (AvgIpc) is 2.49. The van der Waals surface area contributed by atoms with Gasteiger partial charge >= 0.3 is 6.01 Å². The molecule has 0 atom stereocenters. The van der Waals surface area contributed by atoms with Crippen LogP contribution in [0.5, 0.6) is 6.01 Å². The zero-order valence-electron chi connectivity index (χ0n) is 12.5. The molecule has 20 heavy (non-hydrogen) atoms. The van der Waals surface area contributed by atoms with Gasteiger partial charge in [-0.3, -0.25) is 0 Å². The standard InChI is InChI=1S/C13H24N6O/c1-4-7-19-8-5-10(6-9-19)15-12-16-11(14-2)17-13(18-12)20-3/h10H,4-9H2,1-3H3,(H2,14,15,16,17,18). The molecular weight excluding hydrogens is 256 g/mol. The van der Waals surface area contributed by atoms with E-state index in [4.69, 9.17) is 4.74 Å². The van der Waals surface area contributed by atoms with E-state index in [1.165, 1.54) is 13.0 Å². The highest BCUT2D eigenvalue weighted by molar-refractivity contribution is 5.36. The highest BCUT2D eigenvalue weighted by atomic mass is 16.5. The van der Waals surface area contributed by atoms with Gasteiger partial charge in [-0.1, -0.05) is 6.92 Å². The summed E-state index contributed by atoms with van der Waals surface area (Å²) in [6.07, 6.45) is 3.44. The van der Waals surface area contributed by atoms with E-state index in [0.29, 0.717) is 23.9 Å². The van der Waals surface area contributed by atoms with Crippen LogP contribution in [0.15, 0.2) is 0 Å². The molecule has 1 aliphatic rings. The first-order valence-electron chi connectivity index (χ1n) is 7.21. The van der Waals surface area contributed by atoms with Crippen molar-refractivity contribution < 1.29 is 4.74 Å². The third-order valence-corrected chi connectivity index (χ3v) is 3.48. The van der Waals surface area contributed by atoms with Gasteiger partial charge in [-0.2, -0.15) is 15.0 Å². The molecule has 1 aromatic heterocycles. The van der Waals surface area contributed by atoms with Crippen LogP contribution in [-0.2, 0) is 0 Å². The van der Waals surface area contributed by atoms with Crippen molar-refractivity contribution >= 4 is 11.9 Å². The van der Waals surface area contributed by atoms with Crippen LogP contribution in [0, 0.1) is 0 Å². The van der Waals surface area contributed by atoms with Crippen LogP contribution in [0.2, 0.25) is 0 Å². The Labute approximate surface area is 120 Å². The van der Waals surface area contributed by atoms with Crippen molar-refractivity contribution in [3.05, 3.63) is 0 Å². The highest BCUT2D eigenvalue weighted by Crippen LogP contribution is 2.16. The van der Waals surface area contributed by atoms with Crippen molar-refractivity contribution in [1.29, 1.82) is 0 Å². The van der Waals surface area contributed by atoms with Gasteiger partial charge in [0.05, 0.1) is 7.11 Å². The van der Waals surface area contributed by atoms with Gasteiger partial charge in [0.15, 0.2) is 0 Å². The number of hydrogen-bond acceptors (Lipinski definition) is 7. The SMILES string of the molecule is CCCN1CCC(Nc2nc(NC)nc(OC)n2)CC1. The van der Waals surface area contributed by atoms with Crippen LogP contribution >= 0.6 is 0 Å². The van der Waals surface area contributed by atoms with Gasteiger partial charge < -0.3 is 20.3 Å². The molecule has 1 saturated heterocycles. The van der Waals surface area contributed by atoms with Crippen molar-refractivity contribution in [1.82, 2.24) is 19.9 Å². The Hall–Kier alpha value is -1.63. The van der Waals surface area contributed by atoms with Gasteiger partial charge in [0.1, 0.15) is 0 Å².